The van der Waals surface area contributed by atoms with Crippen molar-refractivity contribution in [1.29, 1.82) is 0 Å². The predicted octanol–water partition coefficient (Wildman–Crippen LogP) is 3.94. The fourth-order valence-electron chi connectivity index (χ4n) is 3.63. The Hall–Kier alpha value is -3.36. The van der Waals surface area contributed by atoms with Gasteiger partial charge in [0.25, 0.3) is 0 Å². The van der Waals surface area contributed by atoms with Crippen LogP contribution in [-0.4, -0.2) is 51.6 Å². The van der Waals surface area contributed by atoms with Crippen LogP contribution in [0.3, 0.4) is 0 Å². The standard InChI is InChI=1S/C21H21F2N5O2/c1-28(15-7-8-21(22,23)11-15)19-6-5-17(25-26-19)16-4-3-13(9-18(16)29)14-10-20(30-2)27-24-12-14/h3-6,9-10,12,15,29H,7-8,11H2,1-2H3/t15-/m1/s1. The van der Waals surface area contributed by atoms with E-state index in [2.05, 4.69) is 20.4 Å². The maximum atomic E-state index is 13.5. The van der Waals surface area contributed by atoms with Gasteiger partial charge in [0.1, 0.15) is 5.75 Å². The Morgan fingerprint density at radius 3 is 2.57 bits per heavy atom. The number of nitrogens with zero attached hydrogens (tertiary/aromatic N) is 5. The molecule has 7 nitrogen and oxygen atoms in total. The summed E-state index contributed by atoms with van der Waals surface area (Å²) >= 11 is 0. The lowest BCUT2D eigenvalue weighted by Crippen LogP contribution is -2.31. The Balaban J connectivity index is 1.54. The van der Waals surface area contributed by atoms with Crippen molar-refractivity contribution in [3.8, 4) is 34.0 Å². The van der Waals surface area contributed by atoms with E-state index < -0.39 is 5.92 Å². The lowest BCUT2D eigenvalue weighted by Gasteiger charge is -2.25. The van der Waals surface area contributed by atoms with Gasteiger partial charge in [0.05, 0.1) is 19.0 Å². The summed E-state index contributed by atoms with van der Waals surface area (Å²) in [4.78, 5) is 1.74. The van der Waals surface area contributed by atoms with Crippen LogP contribution in [-0.2, 0) is 0 Å². The zero-order valence-electron chi connectivity index (χ0n) is 16.6. The molecule has 3 aromatic rings. The van der Waals surface area contributed by atoms with Gasteiger partial charge >= 0.3 is 0 Å². The minimum absolute atomic E-state index is 0.0362. The zero-order valence-corrected chi connectivity index (χ0v) is 16.6. The third-order valence-corrected chi connectivity index (χ3v) is 5.39. The highest BCUT2D eigenvalue weighted by Crippen LogP contribution is 2.38. The summed E-state index contributed by atoms with van der Waals surface area (Å²) in [6.45, 7) is 0. The SMILES string of the molecule is COc1cc(-c2ccc(-c3ccc(N(C)[C@@H]4CCC(F)(F)C4)nn3)c(O)c2)cnn1. The highest BCUT2D eigenvalue weighted by Gasteiger charge is 2.41. The molecule has 0 radical (unpaired) electrons. The fourth-order valence-corrected chi connectivity index (χ4v) is 3.63. The van der Waals surface area contributed by atoms with Crippen molar-refractivity contribution in [2.24, 2.45) is 0 Å². The van der Waals surface area contributed by atoms with Crippen LogP contribution < -0.4 is 9.64 Å². The van der Waals surface area contributed by atoms with E-state index in [0.29, 0.717) is 29.4 Å². The summed E-state index contributed by atoms with van der Waals surface area (Å²) in [5.74, 6) is -1.68. The second-order valence-corrected chi connectivity index (χ2v) is 7.36. The van der Waals surface area contributed by atoms with Gasteiger partial charge in [-0.05, 0) is 36.2 Å². The van der Waals surface area contributed by atoms with Crippen LogP contribution in [0.1, 0.15) is 19.3 Å². The van der Waals surface area contributed by atoms with Gasteiger partial charge in [0.15, 0.2) is 5.82 Å². The molecule has 1 saturated carbocycles. The summed E-state index contributed by atoms with van der Waals surface area (Å²) in [5, 5.41) is 26.6. The number of alkyl halides is 2. The first kappa shape index (κ1) is 19.9. The average Bonchev–Trinajstić information content (AvgIpc) is 3.13. The molecule has 30 heavy (non-hydrogen) atoms. The number of phenolic OH excluding ortho intramolecular Hbond substituents is 1. The third kappa shape index (κ3) is 4.00. The molecule has 0 aliphatic heterocycles. The Labute approximate surface area is 172 Å². The largest absolute Gasteiger partial charge is 0.507 e. The molecule has 1 fully saturated rings. The number of rotatable bonds is 5. The third-order valence-electron chi connectivity index (χ3n) is 5.39. The van der Waals surface area contributed by atoms with E-state index in [-0.39, 0.29) is 24.6 Å². The van der Waals surface area contributed by atoms with Crippen molar-refractivity contribution >= 4 is 5.82 Å². The maximum absolute atomic E-state index is 13.5. The molecule has 9 heteroatoms. The minimum Gasteiger partial charge on any atom is -0.507 e. The first-order chi connectivity index (χ1) is 14.4. The molecule has 0 bridgehead atoms. The minimum atomic E-state index is -2.62. The van der Waals surface area contributed by atoms with Gasteiger partial charge < -0.3 is 14.7 Å². The van der Waals surface area contributed by atoms with E-state index in [1.165, 1.54) is 7.11 Å². The summed E-state index contributed by atoms with van der Waals surface area (Å²) in [6, 6.07) is 10.1. The van der Waals surface area contributed by atoms with Crippen LogP contribution >= 0.6 is 0 Å². The molecule has 1 atom stereocenters. The van der Waals surface area contributed by atoms with Crippen molar-refractivity contribution < 1.29 is 18.6 Å². The van der Waals surface area contributed by atoms with Crippen LogP contribution in [0.5, 0.6) is 11.6 Å². The molecule has 1 aromatic carbocycles. The molecular weight excluding hydrogens is 392 g/mol. The molecule has 1 aliphatic rings. The lowest BCUT2D eigenvalue weighted by molar-refractivity contribution is 0.00786. The van der Waals surface area contributed by atoms with Gasteiger partial charge in [0, 0.05) is 43.1 Å². The quantitative estimate of drug-likeness (QED) is 0.678. The van der Waals surface area contributed by atoms with E-state index >= 15 is 0 Å². The number of hydrogen-bond acceptors (Lipinski definition) is 7. The van der Waals surface area contributed by atoms with E-state index in [4.69, 9.17) is 4.74 Å². The Morgan fingerprint density at radius 2 is 1.93 bits per heavy atom. The second-order valence-electron chi connectivity index (χ2n) is 7.36. The Morgan fingerprint density at radius 1 is 1.10 bits per heavy atom. The highest BCUT2D eigenvalue weighted by molar-refractivity contribution is 5.74. The van der Waals surface area contributed by atoms with Crippen molar-refractivity contribution in [2.45, 2.75) is 31.2 Å². The van der Waals surface area contributed by atoms with Crippen LogP contribution in [0.4, 0.5) is 14.6 Å². The summed E-state index contributed by atoms with van der Waals surface area (Å²) in [5.41, 5.74) is 2.50. The van der Waals surface area contributed by atoms with Crippen LogP contribution in [0.15, 0.2) is 42.6 Å². The van der Waals surface area contributed by atoms with E-state index in [1.54, 1.807) is 48.5 Å². The van der Waals surface area contributed by atoms with E-state index in [9.17, 15) is 13.9 Å². The number of ether oxygens (including phenoxy) is 1. The van der Waals surface area contributed by atoms with Gasteiger partial charge in [-0.1, -0.05) is 6.07 Å². The van der Waals surface area contributed by atoms with Crippen LogP contribution in [0.25, 0.3) is 22.4 Å². The van der Waals surface area contributed by atoms with Gasteiger partial charge in [-0.2, -0.15) is 5.10 Å². The first-order valence-corrected chi connectivity index (χ1v) is 9.51. The fraction of sp³-hybridized carbons (Fsp3) is 0.333. The normalized spacial score (nSPS) is 17.7. The molecule has 2 aromatic heterocycles. The first-order valence-electron chi connectivity index (χ1n) is 9.51. The molecule has 1 aliphatic carbocycles. The molecule has 0 amide bonds. The van der Waals surface area contributed by atoms with Gasteiger partial charge in [-0.25, -0.2) is 8.78 Å². The number of aromatic hydroxyl groups is 1. The van der Waals surface area contributed by atoms with Crippen molar-refractivity contribution in [1.82, 2.24) is 20.4 Å². The maximum Gasteiger partial charge on any atom is 0.250 e. The highest BCUT2D eigenvalue weighted by atomic mass is 19.3. The second kappa shape index (κ2) is 7.81. The average molecular weight is 413 g/mol. The number of phenols is 1. The summed E-state index contributed by atoms with van der Waals surface area (Å²) in [7, 11) is 3.26. The smallest absolute Gasteiger partial charge is 0.250 e. The molecule has 4 rings (SSSR count). The van der Waals surface area contributed by atoms with Crippen LogP contribution in [0.2, 0.25) is 0 Å². The zero-order chi connectivity index (χ0) is 21.3. The number of benzene rings is 1. The topological polar surface area (TPSA) is 84.3 Å². The monoisotopic (exact) mass is 413 g/mol. The molecule has 2 heterocycles. The number of anilines is 1. The van der Waals surface area contributed by atoms with Gasteiger partial charge in [-0.15, -0.1) is 15.3 Å². The van der Waals surface area contributed by atoms with Gasteiger partial charge in [0.2, 0.25) is 11.8 Å². The Kier molecular flexibility index (Phi) is 5.19. The molecule has 1 N–H and O–H groups in total. The van der Waals surface area contributed by atoms with Crippen LogP contribution in [0, 0.1) is 0 Å². The molecule has 0 spiro atoms. The molecule has 0 saturated heterocycles. The number of methoxy groups -OCH3 is 1. The number of halogens is 2. The molecular formula is C21H21F2N5O2. The number of aromatic nitrogens is 4. The summed E-state index contributed by atoms with van der Waals surface area (Å²) in [6.07, 6.45) is 1.72. The van der Waals surface area contributed by atoms with Crippen molar-refractivity contribution in [2.75, 3.05) is 19.1 Å². The summed E-state index contributed by atoms with van der Waals surface area (Å²) < 4.78 is 32.1. The van der Waals surface area contributed by atoms with Gasteiger partial charge in [-0.3, -0.25) is 0 Å². The molecule has 156 valence electrons. The number of hydrogen-bond donors (Lipinski definition) is 1. The Bertz CT molecular complexity index is 1050. The molecule has 0 unspecified atom stereocenters. The van der Waals surface area contributed by atoms with Crippen molar-refractivity contribution in [3.63, 3.8) is 0 Å². The lowest BCUT2D eigenvalue weighted by atomic mass is 10.0. The van der Waals surface area contributed by atoms with Crippen molar-refractivity contribution in [3.05, 3.63) is 42.6 Å². The van der Waals surface area contributed by atoms with E-state index in [0.717, 1.165) is 11.1 Å². The van der Waals surface area contributed by atoms with E-state index in [1.807, 2.05) is 6.07 Å². The predicted molar refractivity (Wildman–Crippen MR) is 108 cm³/mol.